The maximum absolute atomic E-state index is 13.0. The van der Waals surface area contributed by atoms with Crippen LogP contribution in [0, 0.1) is 5.92 Å². The second kappa shape index (κ2) is 9.06. The van der Waals surface area contributed by atoms with Gasteiger partial charge in [-0.05, 0) is 50.2 Å². The van der Waals surface area contributed by atoms with Crippen LogP contribution in [0.5, 0.6) is 5.75 Å². The first-order valence-electron chi connectivity index (χ1n) is 9.95. The van der Waals surface area contributed by atoms with Crippen LogP contribution in [0.4, 0.5) is 0 Å². The molecule has 0 aliphatic carbocycles. The molecule has 0 N–H and O–H groups in total. The second-order valence-corrected chi connectivity index (χ2v) is 7.34. The molecule has 0 saturated carbocycles. The number of carbonyl (C=O) groups is 2. The van der Waals surface area contributed by atoms with Crippen LogP contribution in [-0.2, 0) is 9.59 Å². The number of amides is 2. The van der Waals surface area contributed by atoms with E-state index in [0.717, 1.165) is 57.5 Å². The molecule has 5 heteroatoms. The highest BCUT2D eigenvalue weighted by Crippen LogP contribution is 2.24. The third-order valence-electron chi connectivity index (χ3n) is 5.57. The van der Waals surface area contributed by atoms with Crippen molar-refractivity contribution in [2.24, 2.45) is 5.92 Å². The highest BCUT2D eigenvalue weighted by Gasteiger charge is 2.35. The minimum Gasteiger partial charge on any atom is -0.493 e. The van der Waals surface area contributed by atoms with E-state index in [1.54, 1.807) is 0 Å². The smallest absolute Gasteiger partial charge is 0.245 e. The zero-order valence-electron chi connectivity index (χ0n) is 15.7. The summed E-state index contributed by atoms with van der Waals surface area (Å²) in [6.07, 6.45) is 5.25. The van der Waals surface area contributed by atoms with Gasteiger partial charge in [-0.15, -0.1) is 0 Å². The normalized spacial score (nSPS) is 21.5. The van der Waals surface area contributed by atoms with Gasteiger partial charge in [0, 0.05) is 26.1 Å². The third-order valence-corrected chi connectivity index (χ3v) is 5.57. The van der Waals surface area contributed by atoms with E-state index in [0.29, 0.717) is 18.9 Å². The molecular formula is C21H30N2O3. The Balaban J connectivity index is 1.49. The summed E-state index contributed by atoms with van der Waals surface area (Å²) in [6, 6.07) is 9.64. The molecule has 2 aliphatic heterocycles. The molecule has 5 nitrogen and oxygen atoms in total. The van der Waals surface area contributed by atoms with Gasteiger partial charge in [-0.3, -0.25) is 9.59 Å². The lowest BCUT2D eigenvalue weighted by atomic mass is 9.95. The molecule has 2 amide bonds. The zero-order valence-corrected chi connectivity index (χ0v) is 15.7. The molecule has 2 fully saturated rings. The topological polar surface area (TPSA) is 49.9 Å². The van der Waals surface area contributed by atoms with Gasteiger partial charge in [0.2, 0.25) is 11.8 Å². The number of para-hydroxylation sites is 1. The summed E-state index contributed by atoms with van der Waals surface area (Å²) in [6.45, 7) is 4.84. The monoisotopic (exact) mass is 358 g/mol. The summed E-state index contributed by atoms with van der Waals surface area (Å²) < 4.78 is 5.86. The van der Waals surface area contributed by atoms with Crippen molar-refractivity contribution in [2.45, 2.75) is 51.5 Å². The van der Waals surface area contributed by atoms with Gasteiger partial charge in [-0.1, -0.05) is 25.1 Å². The van der Waals surface area contributed by atoms with Crippen LogP contribution in [0.3, 0.4) is 0 Å². The number of benzene rings is 1. The Kier molecular flexibility index (Phi) is 6.53. The summed E-state index contributed by atoms with van der Waals surface area (Å²) in [5, 5.41) is 0. The van der Waals surface area contributed by atoms with Crippen LogP contribution in [0.1, 0.15) is 45.4 Å². The molecule has 3 rings (SSSR count). The molecular weight excluding hydrogens is 328 g/mol. The largest absolute Gasteiger partial charge is 0.493 e. The van der Waals surface area contributed by atoms with E-state index in [1.165, 1.54) is 0 Å². The molecule has 142 valence electrons. The molecule has 2 heterocycles. The quantitative estimate of drug-likeness (QED) is 0.813. The Morgan fingerprint density at radius 2 is 1.77 bits per heavy atom. The Morgan fingerprint density at radius 3 is 2.46 bits per heavy atom. The number of piperidine rings is 2. The minimum absolute atomic E-state index is 0.106. The molecule has 0 spiro atoms. The summed E-state index contributed by atoms with van der Waals surface area (Å²) in [5.41, 5.74) is 0. The summed E-state index contributed by atoms with van der Waals surface area (Å²) in [7, 11) is 0. The maximum Gasteiger partial charge on any atom is 0.245 e. The van der Waals surface area contributed by atoms with Gasteiger partial charge < -0.3 is 14.5 Å². The van der Waals surface area contributed by atoms with E-state index in [1.807, 2.05) is 47.1 Å². The van der Waals surface area contributed by atoms with Crippen LogP contribution in [0.25, 0.3) is 0 Å². The lowest BCUT2D eigenvalue weighted by molar-refractivity contribution is -0.148. The van der Waals surface area contributed by atoms with Gasteiger partial charge in [0.05, 0.1) is 6.61 Å². The van der Waals surface area contributed by atoms with Crippen molar-refractivity contribution < 1.29 is 14.3 Å². The average molecular weight is 358 g/mol. The van der Waals surface area contributed by atoms with E-state index in [9.17, 15) is 9.59 Å². The third kappa shape index (κ3) is 4.57. The number of nitrogens with zero attached hydrogens (tertiary/aromatic N) is 2. The molecule has 1 aromatic rings. The Morgan fingerprint density at radius 1 is 1.04 bits per heavy atom. The Bertz CT molecular complexity index is 597. The molecule has 0 bridgehead atoms. The summed E-state index contributed by atoms with van der Waals surface area (Å²) >= 11 is 0. The second-order valence-electron chi connectivity index (χ2n) is 7.34. The van der Waals surface area contributed by atoms with Gasteiger partial charge >= 0.3 is 0 Å². The molecule has 1 atom stereocenters. The van der Waals surface area contributed by atoms with Gasteiger partial charge in [0.25, 0.3) is 0 Å². The highest BCUT2D eigenvalue weighted by molar-refractivity contribution is 5.87. The Labute approximate surface area is 156 Å². The molecule has 0 aromatic heterocycles. The number of hydrogen-bond donors (Lipinski definition) is 0. The summed E-state index contributed by atoms with van der Waals surface area (Å²) in [4.78, 5) is 28.9. The first kappa shape index (κ1) is 18.7. The van der Waals surface area contributed by atoms with Crippen LogP contribution in [0.15, 0.2) is 30.3 Å². The zero-order chi connectivity index (χ0) is 18.4. The fourth-order valence-corrected chi connectivity index (χ4v) is 3.95. The molecule has 26 heavy (non-hydrogen) atoms. The first-order chi connectivity index (χ1) is 12.7. The van der Waals surface area contributed by atoms with Crippen molar-refractivity contribution >= 4 is 11.8 Å². The van der Waals surface area contributed by atoms with Crippen molar-refractivity contribution in [3.8, 4) is 5.75 Å². The van der Waals surface area contributed by atoms with Crippen molar-refractivity contribution in [2.75, 3.05) is 26.2 Å². The van der Waals surface area contributed by atoms with Gasteiger partial charge in [-0.25, -0.2) is 0 Å². The van der Waals surface area contributed by atoms with Crippen molar-refractivity contribution in [1.82, 2.24) is 9.80 Å². The van der Waals surface area contributed by atoms with E-state index < -0.39 is 0 Å². The predicted octanol–water partition coefficient (Wildman–Crippen LogP) is 3.10. The number of likely N-dealkylation sites (tertiary alicyclic amines) is 2. The van der Waals surface area contributed by atoms with E-state index in [2.05, 4.69) is 0 Å². The standard InChI is InChI=1S/C21H30N2O3/c1-2-20(24)23-13-7-6-10-19(23)21(25)22-14-11-17(12-15-22)16-26-18-8-4-3-5-9-18/h3-5,8-9,17,19H,2,6-7,10-16H2,1H3/t19-/m0/s1. The van der Waals surface area contributed by atoms with Crippen molar-refractivity contribution in [3.63, 3.8) is 0 Å². The van der Waals surface area contributed by atoms with Crippen LogP contribution in [0.2, 0.25) is 0 Å². The van der Waals surface area contributed by atoms with Crippen LogP contribution < -0.4 is 4.74 Å². The van der Waals surface area contributed by atoms with Crippen LogP contribution >= 0.6 is 0 Å². The lowest BCUT2D eigenvalue weighted by Crippen LogP contribution is -2.54. The number of ether oxygens (including phenoxy) is 1. The SMILES string of the molecule is CCC(=O)N1CCCC[C@H]1C(=O)N1CCC(COc2ccccc2)CC1. The van der Waals surface area contributed by atoms with Crippen molar-refractivity contribution in [1.29, 1.82) is 0 Å². The fourth-order valence-electron chi connectivity index (χ4n) is 3.95. The van der Waals surface area contributed by atoms with Gasteiger partial charge in [-0.2, -0.15) is 0 Å². The van der Waals surface area contributed by atoms with Gasteiger partial charge in [0.15, 0.2) is 0 Å². The molecule has 0 radical (unpaired) electrons. The van der Waals surface area contributed by atoms with E-state index in [-0.39, 0.29) is 17.9 Å². The molecule has 0 unspecified atom stereocenters. The number of rotatable bonds is 5. The lowest BCUT2D eigenvalue weighted by Gasteiger charge is -2.40. The number of carbonyl (C=O) groups excluding carboxylic acids is 2. The maximum atomic E-state index is 13.0. The van der Waals surface area contributed by atoms with Gasteiger partial charge in [0.1, 0.15) is 11.8 Å². The van der Waals surface area contributed by atoms with E-state index in [4.69, 9.17) is 4.74 Å². The molecule has 2 saturated heterocycles. The Hall–Kier alpha value is -2.04. The average Bonchev–Trinajstić information content (AvgIpc) is 2.72. The number of hydrogen-bond acceptors (Lipinski definition) is 3. The molecule has 1 aromatic carbocycles. The minimum atomic E-state index is -0.242. The predicted molar refractivity (Wildman–Crippen MR) is 101 cm³/mol. The highest BCUT2D eigenvalue weighted by atomic mass is 16.5. The molecule has 2 aliphatic rings. The summed E-state index contributed by atoms with van der Waals surface area (Å²) in [5.74, 6) is 1.64. The van der Waals surface area contributed by atoms with Crippen molar-refractivity contribution in [3.05, 3.63) is 30.3 Å². The first-order valence-corrected chi connectivity index (χ1v) is 9.95. The van der Waals surface area contributed by atoms with E-state index >= 15 is 0 Å². The van der Waals surface area contributed by atoms with Crippen LogP contribution in [-0.4, -0.2) is 53.9 Å². The fraction of sp³-hybridized carbons (Fsp3) is 0.619.